The van der Waals surface area contributed by atoms with E-state index in [1.54, 1.807) is 7.11 Å². The summed E-state index contributed by atoms with van der Waals surface area (Å²) in [5.74, 6) is 1.98. The number of rotatable bonds is 3. The zero-order chi connectivity index (χ0) is 14.9. The van der Waals surface area contributed by atoms with E-state index in [1.165, 1.54) is 6.42 Å². The summed E-state index contributed by atoms with van der Waals surface area (Å²) < 4.78 is 10.9. The number of hydrogen-bond donors (Lipinski definition) is 1. The predicted molar refractivity (Wildman–Crippen MR) is 80.0 cm³/mol. The maximum atomic E-state index is 5.51. The average molecular weight is 287 g/mol. The van der Waals surface area contributed by atoms with Crippen LogP contribution in [0, 0.1) is 5.41 Å². The fourth-order valence-electron chi connectivity index (χ4n) is 2.92. The van der Waals surface area contributed by atoms with Crippen LogP contribution in [0.5, 0.6) is 5.75 Å². The third-order valence-electron chi connectivity index (χ3n) is 4.16. The molecule has 0 radical (unpaired) electrons. The van der Waals surface area contributed by atoms with Crippen LogP contribution < -0.4 is 10.1 Å². The van der Waals surface area contributed by atoms with E-state index >= 15 is 0 Å². The van der Waals surface area contributed by atoms with Crippen molar-refractivity contribution in [2.75, 3.05) is 13.7 Å². The van der Waals surface area contributed by atoms with Crippen LogP contribution in [0.1, 0.15) is 38.6 Å². The fraction of sp³-hybridized carbons (Fsp3) is 0.500. The van der Waals surface area contributed by atoms with Gasteiger partial charge < -0.3 is 14.6 Å². The lowest BCUT2D eigenvalue weighted by Crippen LogP contribution is -2.39. The molecule has 21 heavy (non-hydrogen) atoms. The summed E-state index contributed by atoms with van der Waals surface area (Å²) in [6.45, 7) is 5.45. The Hall–Kier alpha value is -1.88. The van der Waals surface area contributed by atoms with Gasteiger partial charge in [0.15, 0.2) is 0 Å². The van der Waals surface area contributed by atoms with Crippen LogP contribution in [0.15, 0.2) is 28.8 Å². The summed E-state index contributed by atoms with van der Waals surface area (Å²) in [6.07, 6.45) is 2.33. The molecule has 2 heterocycles. The summed E-state index contributed by atoms with van der Waals surface area (Å²) in [7, 11) is 1.64. The predicted octanol–water partition coefficient (Wildman–Crippen LogP) is 3.20. The van der Waals surface area contributed by atoms with E-state index in [0.717, 1.165) is 24.3 Å². The maximum Gasteiger partial charge on any atom is 0.244 e. The van der Waals surface area contributed by atoms with Crippen molar-refractivity contribution in [3.63, 3.8) is 0 Å². The van der Waals surface area contributed by atoms with E-state index in [4.69, 9.17) is 9.26 Å². The van der Waals surface area contributed by atoms with Gasteiger partial charge in [-0.25, -0.2) is 0 Å². The summed E-state index contributed by atoms with van der Waals surface area (Å²) in [4.78, 5) is 4.59. The van der Waals surface area contributed by atoms with Crippen molar-refractivity contribution in [2.24, 2.45) is 5.41 Å². The molecule has 1 aromatic carbocycles. The number of piperidine rings is 1. The van der Waals surface area contributed by atoms with Crippen LogP contribution in [-0.4, -0.2) is 23.8 Å². The number of methoxy groups -OCH3 is 1. The van der Waals surface area contributed by atoms with Crippen LogP contribution in [0.3, 0.4) is 0 Å². The molecule has 1 aliphatic heterocycles. The Labute approximate surface area is 124 Å². The zero-order valence-electron chi connectivity index (χ0n) is 12.7. The molecular weight excluding hydrogens is 266 g/mol. The van der Waals surface area contributed by atoms with Crippen molar-refractivity contribution < 1.29 is 9.26 Å². The molecule has 0 bridgehead atoms. The van der Waals surface area contributed by atoms with Gasteiger partial charge in [0.25, 0.3) is 0 Å². The van der Waals surface area contributed by atoms with Crippen LogP contribution >= 0.6 is 0 Å². The molecule has 1 atom stereocenters. The Bertz CT molecular complexity index is 621. The average Bonchev–Trinajstić information content (AvgIpc) is 2.96. The second kappa shape index (κ2) is 5.48. The van der Waals surface area contributed by atoms with Gasteiger partial charge in [0, 0.05) is 0 Å². The molecule has 5 nitrogen and oxygen atoms in total. The SMILES string of the molecule is COc1ccccc1-c1noc(C2NCCCC2(C)C)n1. The largest absolute Gasteiger partial charge is 0.496 e. The highest BCUT2D eigenvalue weighted by Gasteiger charge is 2.37. The van der Waals surface area contributed by atoms with E-state index in [9.17, 15) is 0 Å². The van der Waals surface area contributed by atoms with Gasteiger partial charge in [-0.05, 0) is 36.9 Å². The second-order valence-corrected chi connectivity index (χ2v) is 6.14. The standard InChI is InChI=1S/C16H21N3O2/c1-16(2)9-6-10-17-13(16)15-18-14(19-21-15)11-7-4-5-8-12(11)20-3/h4-5,7-8,13,17H,6,9-10H2,1-3H3. The van der Waals surface area contributed by atoms with E-state index < -0.39 is 0 Å². The van der Waals surface area contributed by atoms with Crippen molar-refractivity contribution in [3.05, 3.63) is 30.2 Å². The number of para-hydroxylation sites is 1. The Morgan fingerprint density at radius 1 is 1.33 bits per heavy atom. The molecule has 3 rings (SSSR count). The molecular formula is C16H21N3O2. The minimum absolute atomic E-state index is 0.0993. The highest BCUT2D eigenvalue weighted by atomic mass is 16.5. The molecule has 2 aromatic rings. The van der Waals surface area contributed by atoms with Gasteiger partial charge in [-0.2, -0.15) is 4.98 Å². The second-order valence-electron chi connectivity index (χ2n) is 6.14. The van der Waals surface area contributed by atoms with Crippen molar-refractivity contribution in [2.45, 2.75) is 32.7 Å². The number of nitrogens with zero attached hydrogens (tertiary/aromatic N) is 2. The molecule has 1 unspecified atom stereocenters. The van der Waals surface area contributed by atoms with Crippen LogP contribution in [0.4, 0.5) is 0 Å². The van der Waals surface area contributed by atoms with Crippen molar-refractivity contribution in [3.8, 4) is 17.1 Å². The lowest BCUT2D eigenvalue weighted by atomic mass is 9.77. The Balaban J connectivity index is 1.93. The van der Waals surface area contributed by atoms with Gasteiger partial charge in [0.05, 0.1) is 18.7 Å². The van der Waals surface area contributed by atoms with E-state index in [-0.39, 0.29) is 11.5 Å². The molecule has 1 N–H and O–H groups in total. The first-order valence-electron chi connectivity index (χ1n) is 7.32. The van der Waals surface area contributed by atoms with Crippen LogP contribution in [-0.2, 0) is 0 Å². The maximum absolute atomic E-state index is 5.51. The monoisotopic (exact) mass is 287 g/mol. The van der Waals surface area contributed by atoms with Crippen molar-refractivity contribution >= 4 is 0 Å². The van der Waals surface area contributed by atoms with Gasteiger partial charge >= 0.3 is 0 Å². The first-order valence-corrected chi connectivity index (χ1v) is 7.32. The number of ether oxygens (including phenoxy) is 1. The smallest absolute Gasteiger partial charge is 0.244 e. The van der Waals surface area contributed by atoms with E-state index in [1.807, 2.05) is 24.3 Å². The minimum Gasteiger partial charge on any atom is -0.496 e. The van der Waals surface area contributed by atoms with Crippen LogP contribution in [0.2, 0.25) is 0 Å². The molecule has 5 heteroatoms. The molecule has 0 spiro atoms. The highest BCUT2D eigenvalue weighted by Crippen LogP contribution is 2.40. The molecule has 0 saturated carbocycles. The lowest BCUT2D eigenvalue weighted by Gasteiger charge is -2.36. The Morgan fingerprint density at radius 3 is 2.90 bits per heavy atom. The summed E-state index contributed by atoms with van der Waals surface area (Å²) in [5, 5.41) is 7.62. The topological polar surface area (TPSA) is 60.2 Å². The van der Waals surface area contributed by atoms with Crippen molar-refractivity contribution in [1.29, 1.82) is 0 Å². The first kappa shape index (κ1) is 14.1. The molecule has 112 valence electrons. The lowest BCUT2D eigenvalue weighted by molar-refractivity contribution is 0.146. The Kier molecular flexibility index (Phi) is 3.68. The van der Waals surface area contributed by atoms with E-state index in [0.29, 0.717) is 11.7 Å². The van der Waals surface area contributed by atoms with Gasteiger partial charge in [-0.3, -0.25) is 0 Å². The minimum atomic E-state index is 0.0993. The molecule has 1 fully saturated rings. The van der Waals surface area contributed by atoms with Crippen molar-refractivity contribution in [1.82, 2.24) is 15.5 Å². The Morgan fingerprint density at radius 2 is 2.14 bits per heavy atom. The van der Waals surface area contributed by atoms with Gasteiger partial charge in [0.1, 0.15) is 5.75 Å². The number of aromatic nitrogens is 2. The zero-order valence-corrected chi connectivity index (χ0v) is 12.7. The molecule has 0 amide bonds. The van der Waals surface area contributed by atoms with Gasteiger partial charge in [-0.15, -0.1) is 0 Å². The summed E-state index contributed by atoms with van der Waals surface area (Å²) >= 11 is 0. The fourth-order valence-corrected chi connectivity index (χ4v) is 2.92. The number of hydrogen-bond acceptors (Lipinski definition) is 5. The van der Waals surface area contributed by atoms with Gasteiger partial charge in [-0.1, -0.05) is 31.1 Å². The molecule has 1 saturated heterocycles. The first-order chi connectivity index (χ1) is 10.1. The molecule has 0 aliphatic carbocycles. The normalized spacial score (nSPS) is 21.2. The number of nitrogens with one attached hydrogen (secondary N) is 1. The molecule has 1 aromatic heterocycles. The van der Waals surface area contributed by atoms with Gasteiger partial charge in [0.2, 0.25) is 11.7 Å². The molecule has 1 aliphatic rings. The quantitative estimate of drug-likeness (QED) is 0.939. The third-order valence-corrected chi connectivity index (χ3v) is 4.16. The number of benzene rings is 1. The third kappa shape index (κ3) is 2.65. The summed E-state index contributed by atoms with van der Waals surface area (Å²) in [5.41, 5.74) is 0.964. The van der Waals surface area contributed by atoms with E-state index in [2.05, 4.69) is 29.3 Å². The highest BCUT2D eigenvalue weighted by molar-refractivity contribution is 5.63. The summed E-state index contributed by atoms with van der Waals surface area (Å²) in [6, 6.07) is 7.80. The van der Waals surface area contributed by atoms with Crippen LogP contribution in [0.25, 0.3) is 11.4 Å².